The van der Waals surface area contributed by atoms with Gasteiger partial charge in [-0.1, -0.05) is 153 Å². The van der Waals surface area contributed by atoms with Gasteiger partial charge in [0.25, 0.3) is 23.6 Å². The Bertz CT molecular complexity index is 5260. The van der Waals surface area contributed by atoms with Crippen molar-refractivity contribution >= 4 is 187 Å². The molecule has 4 unspecified atom stereocenters. The quantitative estimate of drug-likeness (QED) is 0.0170. The van der Waals surface area contributed by atoms with Gasteiger partial charge < -0.3 is 115 Å². The number of carboxylic acid groups (broad SMARTS) is 4. The molecule has 0 saturated carbocycles. The summed E-state index contributed by atoms with van der Waals surface area (Å²) in [6.45, 7) is 1.74. The van der Waals surface area contributed by atoms with E-state index >= 15 is 0 Å². The molecule has 4 aliphatic rings. The molecule has 12 rings (SSSR count). The van der Waals surface area contributed by atoms with Crippen LogP contribution in [0.2, 0.25) is 45.2 Å². The number of benzene rings is 8. The fourth-order valence-electron chi connectivity index (χ4n) is 15.2. The highest BCUT2D eigenvalue weighted by Crippen LogP contribution is 2.36. The summed E-state index contributed by atoms with van der Waals surface area (Å²) in [5.41, 5.74) is 4.76. The molecule has 0 aromatic heterocycles. The molecule has 758 valence electrons. The van der Waals surface area contributed by atoms with E-state index in [1.165, 1.54) is 72.8 Å². The van der Waals surface area contributed by atoms with Crippen LogP contribution in [-0.2, 0) is 64.0 Å². The molecule has 0 aliphatic carbocycles. The summed E-state index contributed by atoms with van der Waals surface area (Å²) in [5, 5.41) is 141. The fraction of sp³-hybridized carbons (Fsp3) is 0.375. The Morgan fingerprint density at radius 3 is 0.851 bits per heavy atom. The lowest BCUT2D eigenvalue weighted by molar-refractivity contribution is -0.140. The molecule has 4 fully saturated rings. The summed E-state index contributed by atoms with van der Waals surface area (Å²) in [6, 6.07) is 31.5. The SMILES string of the molecule is O=C(N[C@@H](CNC(=O)C1CCNCC1)C(=O)O)c1c(Cl)cc(CCC(O)c2cccc(Cl)c2)cc1Cl.O=C(N[C@@H](CNC(=O)[C@@H]1CCCN1)C(=O)O)c1c(Cl)cc(CCC(O)c2cccc(O)c2)cc1Cl.O=C(N[C@@H](CNC(=O)[C@@H]1CSCN1)C(=O)O)c1c(Cl)cc(CCC(O)c2cccc(O)c2)cc1Cl.O=C(N[C@@H](CNC(=O)[C@H]1CCCN1)C(=O)O)c1c(Cl)cc(CCC(O)c2cccc(O)c2)cc1Cl. The second kappa shape index (κ2) is 56.5. The van der Waals surface area contributed by atoms with Gasteiger partial charge >= 0.3 is 23.9 Å². The number of amides is 8. The van der Waals surface area contributed by atoms with Gasteiger partial charge in [0.1, 0.15) is 41.4 Å². The van der Waals surface area contributed by atoms with Crippen LogP contribution < -0.4 is 63.8 Å². The number of rotatable bonds is 40. The van der Waals surface area contributed by atoms with E-state index < -0.39 is 102 Å². The average molecular weight is 2150 g/mol. The van der Waals surface area contributed by atoms with Gasteiger partial charge in [0.05, 0.1) is 105 Å². The summed E-state index contributed by atoms with van der Waals surface area (Å²) in [4.78, 5) is 146. The van der Waals surface area contributed by atoms with Crippen LogP contribution in [0.15, 0.2) is 146 Å². The van der Waals surface area contributed by atoms with E-state index in [0.717, 1.165) is 39.0 Å². The van der Waals surface area contributed by atoms with Crippen molar-refractivity contribution in [1.82, 2.24) is 63.8 Å². The predicted octanol–water partition coefficient (Wildman–Crippen LogP) is 10.8. The van der Waals surface area contributed by atoms with Crippen LogP contribution in [0, 0.1) is 5.92 Å². The molecule has 4 aliphatic heterocycles. The molecule has 8 aromatic carbocycles. The number of carboxylic acids is 4. The van der Waals surface area contributed by atoms with Crippen LogP contribution in [-0.4, -0.2) is 234 Å². The van der Waals surface area contributed by atoms with E-state index in [1.807, 2.05) is 0 Å². The van der Waals surface area contributed by atoms with Crippen molar-refractivity contribution in [3.05, 3.63) is 258 Å². The monoisotopic (exact) mass is 2140 g/mol. The molecule has 45 heteroatoms. The molecular formula is C96H107Cl9N12O23S. The summed E-state index contributed by atoms with van der Waals surface area (Å²) in [7, 11) is 0. The highest BCUT2D eigenvalue weighted by molar-refractivity contribution is 7.99. The molecule has 35 nitrogen and oxygen atoms in total. The number of phenolic OH excluding ortho intramolecular Hbond substituents is 3. The van der Waals surface area contributed by atoms with Crippen LogP contribution >= 0.6 is 116 Å². The van der Waals surface area contributed by atoms with Crippen molar-refractivity contribution in [2.45, 2.75) is 157 Å². The lowest BCUT2D eigenvalue weighted by Crippen LogP contribution is -2.51. The highest BCUT2D eigenvalue weighted by Gasteiger charge is 2.34. The van der Waals surface area contributed by atoms with Crippen molar-refractivity contribution in [2.24, 2.45) is 5.92 Å². The Morgan fingerprint density at radius 1 is 0.333 bits per heavy atom. The number of carbonyl (C=O) groups excluding carboxylic acids is 8. The van der Waals surface area contributed by atoms with E-state index in [9.17, 15) is 114 Å². The summed E-state index contributed by atoms with van der Waals surface area (Å²) in [5.74, 6) is -8.42. The molecule has 0 bridgehead atoms. The van der Waals surface area contributed by atoms with Gasteiger partial charge in [0.2, 0.25) is 23.6 Å². The number of aryl methyl sites for hydroxylation is 4. The number of aliphatic hydroxyl groups excluding tert-OH is 4. The van der Waals surface area contributed by atoms with Gasteiger partial charge in [-0.2, -0.15) is 0 Å². The standard InChI is InChI=1S/C25H28Cl3N3O5.2C24H27Cl2N3O6.C23H25Cl2N3O6S/c26-17-3-1-2-16(12-17)21(32)5-4-14-10-18(27)22(19(28)11-14)24(34)31-20(25(35)36)13-30-23(33)15-6-8-29-9-7-15;2*25-16-9-13(6-7-20(31)14-3-1-4-15(30)11-14)10-17(26)21(16)23(33)29-19(24(34)35)12-28-22(32)18-5-2-8-27-18;24-15-6-12(4-5-19(30)13-2-1-3-14(29)8-13)7-16(25)20(15)22(32)28-17(23(33)34)9-26-21(31)18-10-35-11-27-18/h1-3,10-12,15,20-21,29,32H,4-9,13H2,(H,30,33)(H,31,34)(H,35,36);2*1,3-4,9-11,18-20,27,30-31H,2,5-8,12H2,(H,28,32)(H,29,33)(H,34,35);1-3,6-8,17-19,27,29-30H,4-5,9-11H2,(H,26,31)(H,28,32)(H,33,34)/t20-,21?;18-,19+,20?;18-,19-,20?;17-,18-,19?/m0100/s1. The molecule has 8 amide bonds. The minimum atomic E-state index is -1.38. The molecule has 4 heterocycles. The van der Waals surface area contributed by atoms with Crippen LogP contribution in [0.25, 0.3) is 0 Å². The third kappa shape index (κ3) is 35.8. The fourth-order valence-corrected chi connectivity index (χ4v) is 19.2. The minimum Gasteiger partial charge on any atom is -0.508 e. The Hall–Kier alpha value is -10.6. The van der Waals surface area contributed by atoms with Crippen LogP contribution in [0.5, 0.6) is 17.2 Å². The Kier molecular flexibility index (Phi) is 45.7. The largest absolute Gasteiger partial charge is 0.508 e. The number of piperidine rings is 1. The van der Waals surface area contributed by atoms with Crippen molar-refractivity contribution < 1.29 is 114 Å². The van der Waals surface area contributed by atoms with Crippen molar-refractivity contribution in [3.8, 4) is 17.2 Å². The first-order valence-electron chi connectivity index (χ1n) is 44.6. The average Bonchev–Trinajstić information content (AvgIpc) is 1.23. The van der Waals surface area contributed by atoms with Gasteiger partial charge in [-0.05, 0) is 258 Å². The maximum Gasteiger partial charge on any atom is 0.328 e. The van der Waals surface area contributed by atoms with Gasteiger partial charge in [0, 0.05) is 48.7 Å². The second-order valence-electron chi connectivity index (χ2n) is 33.3. The maximum absolute atomic E-state index is 12.8. The number of aromatic hydroxyl groups is 3. The van der Waals surface area contributed by atoms with E-state index in [0.29, 0.717) is 138 Å². The minimum absolute atomic E-state index is 0.0252. The van der Waals surface area contributed by atoms with Crippen LogP contribution in [0.1, 0.15) is 175 Å². The summed E-state index contributed by atoms with van der Waals surface area (Å²) in [6.07, 6.45) is 4.07. The third-order valence-corrected chi connectivity index (χ3v) is 26.5. The molecule has 0 radical (unpaired) electrons. The van der Waals surface area contributed by atoms with E-state index in [2.05, 4.69) is 63.8 Å². The summed E-state index contributed by atoms with van der Waals surface area (Å²) < 4.78 is 0. The number of hydrogen-bond donors (Lipinski definition) is 23. The van der Waals surface area contributed by atoms with Gasteiger partial charge in [0.15, 0.2) is 0 Å². The first-order valence-corrected chi connectivity index (χ1v) is 49.2. The van der Waals surface area contributed by atoms with Gasteiger partial charge in [-0.3, -0.25) is 43.7 Å². The number of carbonyl (C=O) groups is 12. The zero-order valence-electron chi connectivity index (χ0n) is 75.4. The third-order valence-electron chi connectivity index (χ3n) is 23.0. The number of nitrogens with one attached hydrogen (secondary N) is 12. The number of hydrogen-bond acceptors (Lipinski definition) is 24. The van der Waals surface area contributed by atoms with Crippen molar-refractivity contribution in [2.75, 3.05) is 64.0 Å². The Morgan fingerprint density at radius 2 is 0.603 bits per heavy atom. The molecule has 4 saturated heterocycles. The number of phenols is 3. The molecule has 8 aromatic rings. The Balaban J connectivity index is 0.000000210. The molecular weight excluding hydrogens is 2040 g/mol. The normalized spacial score (nSPS) is 16.6. The Labute approximate surface area is 859 Å². The van der Waals surface area contributed by atoms with Crippen molar-refractivity contribution in [3.63, 3.8) is 0 Å². The lowest BCUT2D eigenvalue weighted by atomic mass is 9.97. The molecule has 23 N–H and O–H groups in total. The molecule has 0 spiro atoms. The topological polar surface area (TPSA) is 572 Å². The maximum atomic E-state index is 12.8. The predicted molar refractivity (Wildman–Crippen MR) is 534 cm³/mol. The number of aliphatic carboxylic acids is 4. The number of thioether (sulfide) groups is 1. The number of aliphatic hydroxyl groups is 4. The first kappa shape index (κ1) is 114. The smallest absolute Gasteiger partial charge is 0.328 e. The van der Waals surface area contributed by atoms with E-state index in [1.54, 1.807) is 84.6 Å². The first-order chi connectivity index (χ1) is 67.1. The van der Waals surface area contributed by atoms with Crippen LogP contribution in [0.3, 0.4) is 0 Å². The summed E-state index contributed by atoms with van der Waals surface area (Å²) >= 11 is 57.9. The van der Waals surface area contributed by atoms with Crippen LogP contribution in [0.4, 0.5) is 0 Å². The molecule has 11 atom stereocenters. The zero-order chi connectivity index (χ0) is 103. The zero-order valence-corrected chi connectivity index (χ0v) is 83.0. The lowest BCUT2D eigenvalue weighted by Gasteiger charge is -2.23. The van der Waals surface area contributed by atoms with E-state index in [4.69, 9.17) is 104 Å². The second-order valence-corrected chi connectivity index (χ2v) is 38.1. The van der Waals surface area contributed by atoms with Gasteiger partial charge in [-0.25, -0.2) is 19.2 Å². The highest BCUT2D eigenvalue weighted by atomic mass is 35.5. The number of halogens is 9. The molecule has 141 heavy (non-hydrogen) atoms. The van der Waals surface area contributed by atoms with Gasteiger partial charge in [-0.15, -0.1) is 11.8 Å². The van der Waals surface area contributed by atoms with E-state index in [-0.39, 0.29) is 147 Å². The van der Waals surface area contributed by atoms with Crippen molar-refractivity contribution in [1.29, 1.82) is 0 Å².